The van der Waals surface area contributed by atoms with Crippen LogP contribution in [0.5, 0.6) is 0 Å². The van der Waals surface area contributed by atoms with E-state index in [0.29, 0.717) is 17.0 Å². The molecule has 1 fully saturated rings. The zero-order valence-corrected chi connectivity index (χ0v) is 11.7. The maximum Gasteiger partial charge on any atom is 0.224 e. The molecule has 3 rings (SSSR count). The summed E-state index contributed by atoms with van der Waals surface area (Å²) >= 11 is 0. The average Bonchev–Trinajstić information content (AvgIpc) is 2.97. The van der Waals surface area contributed by atoms with Crippen molar-refractivity contribution in [2.45, 2.75) is 31.3 Å². The first-order chi connectivity index (χ1) is 9.96. The van der Waals surface area contributed by atoms with Gasteiger partial charge in [0, 0.05) is 13.5 Å². The fourth-order valence-electron chi connectivity index (χ4n) is 2.66. The van der Waals surface area contributed by atoms with Crippen molar-refractivity contribution in [3.8, 4) is 0 Å². The number of nitrogens with two attached hydrogens (primary N) is 1. The normalized spacial score (nSPS) is 29.1. The Hall–Kier alpha value is -2.00. The van der Waals surface area contributed by atoms with Crippen molar-refractivity contribution >= 4 is 22.9 Å². The molecule has 1 saturated heterocycles. The minimum atomic E-state index is -1.64. The fourth-order valence-corrected chi connectivity index (χ4v) is 2.66. The van der Waals surface area contributed by atoms with Gasteiger partial charge in [-0.25, -0.2) is 9.37 Å². The number of hydrogen-bond donors (Lipinski definition) is 3. The summed E-state index contributed by atoms with van der Waals surface area (Å²) in [5.74, 6) is 0.527. The standard InChI is InChI=1S/C12H17FN6O2/c1-12(13)3-6(4-20)21-10(12)19-5-16-7-8(15-2)17-11(14)18-9(7)19/h5-6,10,20H,3-4H2,1-2H3,(H3,14,15,17,18)/t6?,10-,12-/m1/s1. The highest BCUT2D eigenvalue weighted by Crippen LogP contribution is 2.42. The molecular weight excluding hydrogens is 279 g/mol. The third kappa shape index (κ3) is 2.18. The highest BCUT2D eigenvalue weighted by Gasteiger charge is 2.47. The number of rotatable bonds is 3. The summed E-state index contributed by atoms with van der Waals surface area (Å²) in [6.45, 7) is 1.20. The van der Waals surface area contributed by atoms with E-state index in [2.05, 4.69) is 20.3 Å². The molecule has 0 amide bonds. The van der Waals surface area contributed by atoms with E-state index in [1.165, 1.54) is 17.8 Å². The first-order valence-corrected chi connectivity index (χ1v) is 6.59. The van der Waals surface area contributed by atoms with Gasteiger partial charge >= 0.3 is 0 Å². The summed E-state index contributed by atoms with van der Waals surface area (Å²) in [5.41, 5.74) is 4.90. The molecule has 1 aliphatic rings. The lowest BCUT2D eigenvalue weighted by Crippen LogP contribution is -2.27. The molecule has 2 aromatic rings. The van der Waals surface area contributed by atoms with Crippen LogP contribution in [0.25, 0.3) is 11.2 Å². The lowest BCUT2D eigenvalue weighted by molar-refractivity contribution is -0.0565. The lowest BCUT2D eigenvalue weighted by atomic mass is 10.0. The van der Waals surface area contributed by atoms with Crippen LogP contribution in [0, 0.1) is 0 Å². The Morgan fingerprint density at radius 3 is 3.00 bits per heavy atom. The number of aromatic nitrogens is 4. The quantitative estimate of drug-likeness (QED) is 0.754. The molecule has 3 atom stereocenters. The predicted octanol–water partition coefficient (Wildman–Crippen LogP) is 0.458. The summed E-state index contributed by atoms with van der Waals surface area (Å²) in [5, 5.41) is 12.1. The minimum Gasteiger partial charge on any atom is -0.394 e. The first-order valence-electron chi connectivity index (χ1n) is 6.59. The number of nitrogen functional groups attached to an aromatic ring is 1. The predicted molar refractivity (Wildman–Crippen MR) is 74.4 cm³/mol. The van der Waals surface area contributed by atoms with Gasteiger partial charge in [-0.15, -0.1) is 0 Å². The van der Waals surface area contributed by atoms with Crippen molar-refractivity contribution in [3.63, 3.8) is 0 Å². The number of ether oxygens (including phenoxy) is 1. The molecule has 0 radical (unpaired) electrons. The van der Waals surface area contributed by atoms with E-state index in [4.69, 9.17) is 10.5 Å². The van der Waals surface area contributed by atoms with E-state index in [9.17, 15) is 9.50 Å². The molecule has 114 valence electrons. The first kappa shape index (κ1) is 14.0. The highest BCUT2D eigenvalue weighted by atomic mass is 19.1. The Morgan fingerprint density at radius 1 is 1.62 bits per heavy atom. The molecule has 9 heteroatoms. The second kappa shape index (κ2) is 4.78. The van der Waals surface area contributed by atoms with Crippen molar-refractivity contribution in [1.29, 1.82) is 0 Å². The number of halogens is 1. The van der Waals surface area contributed by atoms with E-state index >= 15 is 0 Å². The van der Waals surface area contributed by atoms with Crippen LogP contribution < -0.4 is 11.1 Å². The lowest BCUT2D eigenvalue weighted by Gasteiger charge is -2.22. The fraction of sp³-hybridized carbons (Fsp3) is 0.583. The van der Waals surface area contributed by atoms with Crippen LogP contribution in [0.1, 0.15) is 19.6 Å². The van der Waals surface area contributed by atoms with E-state index in [1.54, 1.807) is 7.05 Å². The molecule has 2 aromatic heterocycles. The Balaban J connectivity index is 2.11. The van der Waals surface area contributed by atoms with Crippen LogP contribution in [0.15, 0.2) is 6.33 Å². The number of imidazole rings is 1. The van der Waals surface area contributed by atoms with Crippen molar-refractivity contribution in [3.05, 3.63) is 6.33 Å². The zero-order chi connectivity index (χ0) is 15.2. The van der Waals surface area contributed by atoms with Gasteiger partial charge < -0.3 is 20.9 Å². The molecule has 1 unspecified atom stereocenters. The Morgan fingerprint density at radius 2 is 2.38 bits per heavy atom. The largest absolute Gasteiger partial charge is 0.394 e. The molecule has 0 aromatic carbocycles. The average molecular weight is 296 g/mol. The molecule has 0 saturated carbocycles. The summed E-state index contributed by atoms with van der Waals surface area (Å²) in [6.07, 6.45) is 0.0823. The Kier molecular flexibility index (Phi) is 3.18. The van der Waals surface area contributed by atoms with Crippen molar-refractivity contribution in [2.24, 2.45) is 0 Å². The SMILES string of the molecule is CNc1nc(N)nc2c1ncn2[C@@H]1OC(CO)C[C@@]1(C)F. The molecule has 21 heavy (non-hydrogen) atoms. The van der Waals surface area contributed by atoms with Gasteiger partial charge in [-0.3, -0.25) is 4.57 Å². The minimum absolute atomic E-state index is 0.0610. The molecule has 1 aliphatic heterocycles. The number of nitrogens with zero attached hydrogens (tertiary/aromatic N) is 4. The van der Waals surface area contributed by atoms with E-state index < -0.39 is 18.0 Å². The van der Waals surface area contributed by atoms with Gasteiger partial charge in [-0.1, -0.05) is 0 Å². The number of nitrogens with one attached hydrogen (secondary N) is 1. The summed E-state index contributed by atoms with van der Waals surface area (Å²) < 4.78 is 21.8. The van der Waals surface area contributed by atoms with Crippen LogP contribution in [0.3, 0.4) is 0 Å². The molecule has 0 spiro atoms. The van der Waals surface area contributed by atoms with E-state index in [0.717, 1.165) is 0 Å². The van der Waals surface area contributed by atoms with Crippen LogP contribution in [0.2, 0.25) is 0 Å². The maximum absolute atomic E-state index is 14.7. The topological polar surface area (TPSA) is 111 Å². The second-order valence-corrected chi connectivity index (χ2v) is 5.28. The number of alkyl halides is 1. The molecular formula is C12H17FN6O2. The van der Waals surface area contributed by atoms with Gasteiger partial charge in [0.2, 0.25) is 5.95 Å². The molecule has 4 N–H and O–H groups in total. The third-order valence-corrected chi connectivity index (χ3v) is 3.59. The Bertz CT molecular complexity index is 673. The van der Waals surface area contributed by atoms with Crippen molar-refractivity contribution in [1.82, 2.24) is 19.5 Å². The Labute approximate surface area is 120 Å². The third-order valence-electron chi connectivity index (χ3n) is 3.59. The number of aliphatic hydroxyl groups excluding tert-OH is 1. The zero-order valence-electron chi connectivity index (χ0n) is 11.7. The van der Waals surface area contributed by atoms with Gasteiger partial charge in [-0.2, -0.15) is 9.97 Å². The van der Waals surface area contributed by atoms with Gasteiger partial charge in [0.15, 0.2) is 28.9 Å². The number of hydrogen-bond acceptors (Lipinski definition) is 7. The van der Waals surface area contributed by atoms with Crippen LogP contribution >= 0.6 is 0 Å². The molecule has 8 nitrogen and oxygen atoms in total. The maximum atomic E-state index is 14.7. The summed E-state index contributed by atoms with van der Waals surface area (Å²) in [6, 6.07) is 0. The monoisotopic (exact) mass is 296 g/mol. The van der Waals surface area contributed by atoms with Crippen molar-refractivity contribution < 1.29 is 14.2 Å². The summed E-state index contributed by atoms with van der Waals surface area (Å²) in [4.78, 5) is 12.4. The molecule has 3 heterocycles. The second-order valence-electron chi connectivity index (χ2n) is 5.28. The van der Waals surface area contributed by atoms with Crippen LogP contribution in [0.4, 0.5) is 16.2 Å². The van der Waals surface area contributed by atoms with Crippen LogP contribution in [-0.4, -0.2) is 50.1 Å². The molecule has 0 bridgehead atoms. The van der Waals surface area contributed by atoms with Crippen molar-refractivity contribution in [2.75, 3.05) is 24.7 Å². The van der Waals surface area contributed by atoms with Crippen LogP contribution in [-0.2, 0) is 4.74 Å². The highest BCUT2D eigenvalue weighted by molar-refractivity contribution is 5.84. The smallest absolute Gasteiger partial charge is 0.224 e. The number of aliphatic hydroxyl groups is 1. The van der Waals surface area contributed by atoms with Gasteiger partial charge in [-0.05, 0) is 6.92 Å². The van der Waals surface area contributed by atoms with Gasteiger partial charge in [0.1, 0.15) is 0 Å². The summed E-state index contributed by atoms with van der Waals surface area (Å²) in [7, 11) is 1.69. The number of anilines is 2. The van der Waals surface area contributed by atoms with Gasteiger partial charge in [0.25, 0.3) is 0 Å². The van der Waals surface area contributed by atoms with E-state index in [-0.39, 0.29) is 19.0 Å². The van der Waals surface area contributed by atoms with Gasteiger partial charge in [0.05, 0.1) is 19.0 Å². The van der Waals surface area contributed by atoms with E-state index in [1.807, 2.05) is 0 Å². The molecule has 0 aliphatic carbocycles. The number of fused-ring (bicyclic) bond motifs is 1.